The van der Waals surface area contributed by atoms with Crippen LogP contribution in [-0.4, -0.2) is 6.29 Å². The van der Waals surface area contributed by atoms with Crippen molar-refractivity contribution in [2.24, 2.45) is 0 Å². The van der Waals surface area contributed by atoms with Crippen LogP contribution in [-0.2, 0) is 10.2 Å². The van der Waals surface area contributed by atoms with Gasteiger partial charge in [-0.2, -0.15) is 0 Å². The lowest BCUT2D eigenvalue weighted by atomic mass is 9.98. The Morgan fingerprint density at radius 3 is 2.43 bits per heavy atom. The molecule has 2 heteroatoms. The van der Waals surface area contributed by atoms with Crippen molar-refractivity contribution in [3.05, 3.63) is 35.6 Å². The van der Waals surface area contributed by atoms with Crippen LogP contribution < -0.4 is 0 Å². The van der Waals surface area contributed by atoms with Gasteiger partial charge < -0.3 is 4.79 Å². The van der Waals surface area contributed by atoms with Crippen LogP contribution >= 0.6 is 0 Å². The molecule has 1 aliphatic carbocycles. The smallest absolute Gasteiger partial charge is 0.130 e. The summed E-state index contributed by atoms with van der Waals surface area (Å²) in [5.74, 6) is -0.263. The largest absolute Gasteiger partial charge is 0.302 e. The molecule has 0 atom stereocenters. The van der Waals surface area contributed by atoms with Gasteiger partial charge >= 0.3 is 0 Å². The molecule has 0 heterocycles. The molecule has 0 saturated heterocycles. The van der Waals surface area contributed by atoms with Crippen LogP contribution in [0.3, 0.4) is 0 Å². The summed E-state index contributed by atoms with van der Waals surface area (Å²) < 4.78 is 12.7. The molecule has 0 amide bonds. The first-order valence-electron chi connectivity index (χ1n) is 4.99. The number of rotatable bonds is 2. The molecular weight excluding hydrogens is 179 g/mol. The van der Waals surface area contributed by atoms with Gasteiger partial charge in [0.15, 0.2) is 0 Å². The second kappa shape index (κ2) is 4.36. The Balaban J connectivity index is 0.000000461. The fraction of sp³-hybridized carbons (Fsp3) is 0.417. The van der Waals surface area contributed by atoms with Gasteiger partial charge in [0.25, 0.3) is 0 Å². The Morgan fingerprint density at radius 1 is 1.36 bits per heavy atom. The molecule has 0 bridgehead atoms. The van der Waals surface area contributed by atoms with E-state index in [1.165, 1.54) is 12.1 Å². The van der Waals surface area contributed by atoms with Gasteiger partial charge in [0.2, 0.25) is 0 Å². The lowest BCUT2D eigenvalue weighted by molar-refractivity contribution is -0.109. The van der Waals surface area contributed by atoms with Crippen LogP contribution in [0.5, 0.6) is 0 Å². The number of carbonyl (C=O) groups excluding carboxylic acids is 1. The molecule has 76 valence electrons. The monoisotopic (exact) mass is 194 g/mol. The zero-order chi connectivity index (χ0) is 10.6. The van der Waals surface area contributed by atoms with Gasteiger partial charge in [-0.25, -0.2) is 4.39 Å². The Labute approximate surface area is 83.9 Å². The molecule has 1 fully saturated rings. The number of benzene rings is 1. The number of aldehydes is 1. The Kier molecular flexibility index (Phi) is 3.39. The van der Waals surface area contributed by atoms with E-state index in [9.17, 15) is 9.18 Å². The third-order valence-electron chi connectivity index (χ3n) is 2.41. The molecule has 1 saturated carbocycles. The fourth-order valence-electron chi connectivity index (χ4n) is 1.41. The molecule has 0 radical (unpaired) electrons. The molecule has 0 N–H and O–H groups in total. The predicted octanol–water partition coefficient (Wildman–Crippen LogP) is 3.08. The van der Waals surface area contributed by atoms with Gasteiger partial charge in [-0.3, -0.25) is 0 Å². The van der Waals surface area contributed by atoms with E-state index < -0.39 is 0 Å². The van der Waals surface area contributed by atoms with E-state index in [0.717, 1.165) is 24.7 Å². The highest BCUT2D eigenvalue weighted by Crippen LogP contribution is 2.46. The van der Waals surface area contributed by atoms with Crippen LogP contribution in [0.25, 0.3) is 0 Å². The molecule has 1 nitrogen and oxygen atoms in total. The van der Waals surface area contributed by atoms with E-state index >= 15 is 0 Å². The van der Waals surface area contributed by atoms with Crippen molar-refractivity contribution in [1.29, 1.82) is 0 Å². The van der Waals surface area contributed by atoms with E-state index in [1.54, 1.807) is 6.07 Å². The summed E-state index contributed by atoms with van der Waals surface area (Å²) in [7, 11) is 0. The second-order valence-electron chi connectivity index (χ2n) is 3.28. The highest BCUT2D eigenvalue weighted by Gasteiger charge is 2.44. The van der Waals surface area contributed by atoms with Gasteiger partial charge in [-0.15, -0.1) is 0 Å². The average Bonchev–Trinajstić information content (AvgIpc) is 3.01. The molecule has 2 rings (SSSR count). The third kappa shape index (κ3) is 2.00. The summed E-state index contributed by atoms with van der Waals surface area (Å²) in [6, 6.07) is 6.30. The Bertz CT molecular complexity index is 316. The minimum atomic E-state index is -0.345. The molecule has 1 aliphatic rings. The molecule has 0 spiro atoms. The number of hydrogen-bond donors (Lipinski definition) is 0. The molecule has 1 aromatic carbocycles. The van der Waals surface area contributed by atoms with Crippen LogP contribution in [0.2, 0.25) is 0 Å². The van der Waals surface area contributed by atoms with Gasteiger partial charge in [0.05, 0.1) is 5.41 Å². The first-order valence-corrected chi connectivity index (χ1v) is 4.99. The summed E-state index contributed by atoms with van der Waals surface area (Å²) in [6.07, 6.45) is 2.65. The van der Waals surface area contributed by atoms with Gasteiger partial charge in [-0.05, 0) is 30.5 Å². The SMILES string of the molecule is CC.O=CC1(c2cccc(F)c2)CC1. The minimum absolute atomic E-state index is 0.263. The first kappa shape index (κ1) is 10.9. The Morgan fingerprint density at radius 2 is 2.00 bits per heavy atom. The third-order valence-corrected chi connectivity index (χ3v) is 2.41. The number of carbonyl (C=O) groups is 1. The number of halogens is 1. The van der Waals surface area contributed by atoms with Crippen LogP contribution in [0.4, 0.5) is 4.39 Å². The van der Waals surface area contributed by atoms with Crippen molar-refractivity contribution in [2.75, 3.05) is 0 Å². The maximum atomic E-state index is 12.7. The van der Waals surface area contributed by atoms with Gasteiger partial charge in [0, 0.05) is 0 Å². The lowest BCUT2D eigenvalue weighted by Crippen LogP contribution is -2.07. The number of hydrogen-bond acceptors (Lipinski definition) is 1. The van der Waals surface area contributed by atoms with Gasteiger partial charge in [0.1, 0.15) is 12.1 Å². The summed E-state index contributed by atoms with van der Waals surface area (Å²) in [4.78, 5) is 10.7. The van der Waals surface area contributed by atoms with E-state index in [1.807, 2.05) is 19.9 Å². The van der Waals surface area contributed by atoms with Crippen LogP contribution in [0.1, 0.15) is 32.3 Å². The predicted molar refractivity (Wildman–Crippen MR) is 54.7 cm³/mol. The quantitative estimate of drug-likeness (QED) is 0.661. The molecule has 0 aromatic heterocycles. The summed E-state index contributed by atoms with van der Waals surface area (Å²) >= 11 is 0. The summed E-state index contributed by atoms with van der Waals surface area (Å²) in [5.41, 5.74) is 0.472. The van der Waals surface area contributed by atoms with Crippen molar-refractivity contribution < 1.29 is 9.18 Å². The molecule has 0 unspecified atom stereocenters. The molecule has 1 aromatic rings. The summed E-state index contributed by atoms with van der Waals surface area (Å²) in [5, 5.41) is 0. The minimum Gasteiger partial charge on any atom is -0.302 e. The topological polar surface area (TPSA) is 17.1 Å². The standard InChI is InChI=1S/C10H9FO.C2H6/c11-9-3-1-2-8(6-9)10(7-12)4-5-10;1-2/h1-3,6-7H,4-5H2;1-2H3. The Hall–Kier alpha value is -1.18. The van der Waals surface area contributed by atoms with E-state index in [4.69, 9.17) is 0 Å². The normalized spacial score (nSPS) is 16.5. The van der Waals surface area contributed by atoms with Crippen LogP contribution in [0, 0.1) is 5.82 Å². The van der Waals surface area contributed by atoms with Crippen molar-refractivity contribution >= 4 is 6.29 Å². The zero-order valence-electron chi connectivity index (χ0n) is 8.59. The highest BCUT2D eigenvalue weighted by molar-refractivity contribution is 5.72. The van der Waals surface area contributed by atoms with Gasteiger partial charge in [-0.1, -0.05) is 26.0 Å². The van der Waals surface area contributed by atoms with E-state index in [2.05, 4.69) is 0 Å². The fourth-order valence-corrected chi connectivity index (χ4v) is 1.41. The van der Waals surface area contributed by atoms with Crippen molar-refractivity contribution in [1.82, 2.24) is 0 Å². The maximum absolute atomic E-state index is 12.7. The summed E-state index contributed by atoms with van der Waals surface area (Å²) in [6.45, 7) is 4.00. The van der Waals surface area contributed by atoms with E-state index in [0.29, 0.717) is 0 Å². The van der Waals surface area contributed by atoms with Crippen molar-refractivity contribution in [2.45, 2.75) is 32.1 Å². The molecule has 14 heavy (non-hydrogen) atoms. The first-order chi connectivity index (χ1) is 6.77. The van der Waals surface area contributed by atoms with Crippen molar-refractivity contribution in [3.8, 4) is 0 Å². The molecular formula is C12H15FO. The average molecular weight is 194 g/mol. The van der Waals surface area contributed by atoms with Crippen molar-refractivity contribution in [3.63, 3.8) is 0 Å². The lowest BCUT2D eigenvalue weighted by Gasteiger charge is -2.05. The molecule has 0 aliphatic heterocycles. The maximum Gasteiger partial charge on any atom is 0.130 e. The second-order valence-corrected chi connectivity index (χ2v) is 3.28. The van der Waals surface area contributed by atoms with E-state index in [-0.39, 0.29) is 11.2 Å². The highest BCUT2D eigenvalue weighted by atomic mass is 19.1. The van der Waals surface area contributed by atoms with Crippen LogP contribution in [0.15, 0.2) is 24.3 Å². The zero-order valence-corrected chi connectivity index (χ0v) is 8.59.